The van der Waals surface area contributed by atoms with E-state index in [1.165, 1.54) is 12.2 Å². The van der Waals surface area contributed by atoms with E-state index < -0.39 is 5.91 Å². The molecule has 0 saturated heterocycles. The summed E-state index contributed by atoms with van der Waals surface area (Å²) in [4.78, 5) is 23.7. The Hall–Kier alpha value is -3.02. The predicted octanol–water partition coefficient (Wildman–Crippen LogP) is 4.66. The Morgan fingerprint density at radius 3 is 2.54 bits per heavy atom. The average molecular weight is 415 g/mol. The Morgan fingerprint density at radius 2 is 1.75 bits per heavy atom. The molecule has 0 bridgehead atoms. The molecule has 2 N–H and O–H groups in total. The lowest BCUT2D eigenvalue weighted by Crippen LogP contribution is -2.41. The molecule has 0 unspecified atom stereocenters. The molecule has 3 rings (SSSR count). The van der Waals surface area contributed by atoms with Crippen LogP contribution < -0.4 is 10.9 Å². The van der Waals surface area contributed by atoms with Crippen molar-refractivity contribution in [1.82, 2.24) is 10.9 Å². The van der Waals surface area contributed by atoms with Gasteiger partial charge in [-0.2, -0.15) is 0 Å². The third-order valence-corrected chi connectivity index (χ3v) is 4.32. The summed E-state index contributed by atoms with van der Waals surface area (Å²) >= 11 is 12.1. The van der Waals surface area contributed by atoms with E-state index in [9.17, 15) is 9.59 Å². The van der Waals surface area contributed by atoms with E-state index in [2.05, 4.69) is 10.9 Å². The summed E-state index contributed by atoms with van der Waals surface area (Å²) in [5.41, 5.74) is 6.19. The lowest BCUT2D eigenvalue weighted by molar-refractivity contribution is -0.126. The number of benzene rings is 2. The number of halogens is 2. The van der Waals surface area contributed by atoms with E-state index in [-0.39, 0.29) is 12.3 Å². The maximum Gasteiger partial charge on any atom is 0.262 e. The highest BCUT2D eigenvalue weighted by Crippen LogP contribution is 2.31. The molecule has 0 radical (unpaired) electrons. The van der Waals surface area contributed by atoms with Gasteiger partial charge in [-0.25, -0.2) is 0 Å². The molecule has 0 aliphatic heterocycles. The minimum Gasteiger partial charge on any atom is -0.457 e. The predicted molar refractivity (Wildman–Crippen MR) is 110 cm³/mol. The van der Waals surface area contributed by atoms with Crippen LogP contribution in [0.15, 0.2) is 71.2 Å². The van der Waals surface area contributed by atoms with E-state index >= 15 is 0 Å². The topological polar surface area (TPSA) is 71.3 Å². The maximum atomic E-state index is 11.9. The zero-order valence-corrected chi connectivity index (χ0v) is 16.1. The van der Waals surface area contributed by atoms with Crippen LogP contribution in [0.25, 0.3) is 17.4 Å². The van der Waals surface area contributed by atoms with Crippen molar-refractivity contribution in [3.05, 3.63) is 88.1 Å². The first kappa shape index (κ1) is 19.7. The molecule has 0 atom stereocenters. The van der Waals surface area contributed by atoms with Gasteiger partial charge in [0.05, 0.1) is 11.4 Å². The molecule has 28 heavy (non-hydrogen) atoms. The molecule has 0 spiro atoms. The standard InChI is InChI=1S/C21H16Cl2N2O3/c22-15-6-9-18(23)17(13-15)19-10-7-16(28-19)8-11-20(26)24-25-21(27)12-14-4-2-1-3-5-14/h1-11,13H,12H2,(H,24,26)(H,25,27)/b11-8+. The molecule has 142 valence electrons. The first-order chi connectivity index (χ1) is 13.5. The SMILES string of the molecule is O=C(/C=C/c1ccc(-c2cc(Cl)ccc2Cl)o1)NNC(=O)Cc1ccccc1. The van der Waals surface area contributed by atoms with Crippen LogP contribution >= 0.6 is 23.2 Å². The lowest BCUT2D eigenvalue weighted by atomic mass is 10.1. The summed E-state index contributed by atoms with van der Waals surface area (Å²) in [7, 11) is 0. The van der Waals surface area contributed by atoms with Crippen LogP contribution in [0, 0.1) is 0 Å². The quantitative estimate of drug-likeness (QED) is 0.471. The molecule has 1 heterocycles. The van der Waals surface area contributed by atoms with Crippen LogP contribution in [0.5, 0.6) is 0 Å². The van der Waals surface area contributed by atoms with Gasteiger partial charge in [-0.05, 0) is 42.0 Å². The summed E-state index contributed by atoms with van der Waals surface area (Å²) in [5, 5.41) is 1.05. The second-order valence-corrected chi connectivity index (χ2v) is 6.70. The summed E-state index contributed by atoms with van der Waals surface area (Å²) in [6.07, 6.45) is 2.92. The van der Waals surface area contributed by atoms with Gasteiger partial charge in [-0.3, -0.25) is 20.4 Å². The highest BCUT2D eigenvalue weighted by atomic mass is 35.5. The number of rotatable bonds is 5. The molecule has 2 aromatic carbocycles. The number of nitrogens with one attached hydrogen (secondary N) is 2. The number of amides is 2. The van der Waals surface area contributed by atoms with Gasteiger partial charge in [0.2, 0.25) is 5.91 Å². The fraction of sp³-hybridized carbons (Fsp3) is 0.0476. The second-order valence-electron chi connectivity index (χ2n) is 5.86. The zero-order valence-electron chi connectivity index (χ0n) is 14.6. The maximum absolute atomic E-state index is 11.9. The zero-order chi connectivity index (χ0) is 19.9. The van der Waals surface area contributed by atoms with Crippen LogP contribution in [-0.2, 0) is 16.0 Å². The minimum absolute atomic E-state index is 0.173. The molecule has 0 fully saturated rings. The van der Waals surface area contributed by atoms with Crippen molar-refractivity contribution in [2.75, 3.05) is 0 Å². The van der Waals surface area contributed by atoms with Crippen molar-refractivity contribution in [2.24, 2.45) is 0 Å². The molecule has 0 saturated carbocycles. The van der Waals surface area contributed by atoms with Crippen molar-refractivity contribution < 1.29 is 14.0 Å². The van der Waals surface area contributed by atoms with Crippen molar-refractivity contribution in [3.8, 4) is 11.3 Å². The summed E-state index contributed by atoms with van der Waals surface area (Å²) in [6, 6.07) is 17.7. The van der Waals surface area contributed by atoms with Gasteiger partial charge < -0.3 is 4.42 Å². The summed E-state index contributed by atoms with van der Waals surface area (Å²) in [5.74, 6) is 0.185. The van der Waals surface area contributed by atoms with E-state index in [1.54, 1.807) is 30.3 Å². The Balaban J connectivity index is 1.54. The Morgan fingerprint density at radius 1 is 0.964 bits per heavy atom. The Labute approximate surface area is 171 Å². The number of furan rings is 1. The van der Waals surface area contributed by atoms with Crippen LogP contribution in [0.3, 0.4) is 0 Å². The molecule has 0 aliphatic rings. The molecule has 5 nitrogen and oxygen atoms in total. The van der Waals surface area contributed by atoms with Gasteiger partial charge in [-0.15, -0.1) is 0 Å². The summed E-state index contributed by atoms with van der Waals surface area (Å²) < 4.78 is 5.66. The first-order valence-corrected chi connectivity index (χ1v) is 9.13. The Bertz CT molecular complexity index is 1010. The number of carbonyl (C=O) groups is 2. The number of hydrogen-bond acceptors (Lipinski definition) is 3. The van der Waals surface area contributed by atoms with E-state index in [1.807, 2.05) is 30.3 Å². The van der Waals surface area contributed by atoms with Crippen LogP contribution in [0.1, 0.15) is 11.3 Å². The van der Waals surface area contributed by atoms with Crippen LogP contribution in [0.2, 0.25) is 10.0 Å². The monoisotopic (exact) mass is 414 g/mol. The smallest absolute Gasteiger partial charge is 0.262 e. The van der Waals surface area contributed by atoms with Gasteiger partial charge in [0, 0.05) is 16.7 Å². The van der Waals surface area contributed by atoms with Crippen molar-refractivity contribution >= 4 is 41.1 Å². The van der Waals surface area contributed by atoms with Gasteiger partial charge in [-0.1, -0.05) is 53.5 Å². The van der Waals surface area contributed by atoms with Gasteiger partial charge in [0.25, 0.3) is 5.91 Å². The largest absolute Gasteiger partial charge is 0.457 e. The van der Waals surface area contributed by atoms with Gasteiger partial charge in [0.1, 0.15) is 11.5 Å². The Kier molecular flexibility index (Phi) is 6.53. The molecule has 3 aromatic rings. The molecule has 7 heteroatoms. The minimum atomic E-state index is -0.486. The van der Waals surface area contributed by atoms with E-state index in [0.717, 1.165) is 5.56 Å². The highest BCUT2D eigenvalue weighted by Gasteiger charge is 2.09. The van der Waals surface area contributed by atoms with Gasteiger partial charge in [0.15, 0.2) is 0 Å². The molecule has 2 amide bonds. The number of hydrogen-bond donors (Lipinski definition) is 2. The average Bonchev–Trinajstić information content (AvgIpc) is 3.16. The number of hydrazine groups is 1. The first-order valence-electron chi connectivity index (χ1n) is 8.37. The summed E-state index contributed by atoms with van der Waals surface area (Å²) in [6.45, 7) is 0. The normalized spacial score (nSPS) is 10.8. The molecular formula is C21H16Cl2N2O3. The third-order valence-electron chi connectivity index (χ3n) is 3.75. The van der Waals surface area contributed by atoms with Crippen molar-refractivity contribution in [3.63, 3.8) is 0 Å². The van der Waals surface area contributed by atoms with Crippen LogP contribution in [-0.4, -0.2) is 11.8 Å². The lowest BCUT2D eigenvalue weighted by Gasteiger charge is -2.05. The molecule has 0 aliphatic carbocycles. The van der Waals surface area contributed by atoms with Crippen molar-refractivity contribution in [1.29, 1.82) is 0 Å². The number of carbonyl (C=O) groups excluding carboxylic acids is 2. The third kappa shape index (κ3) is 5.49. The molecular weight excluding hydrogens is 399 g/mol. The second kappa shape index (κ2) is 9.26. The fourth-order valence-electron chi connectivity index (χ4n) is 2.43. The van der Waals surface area contributed by atoms with E-state index in [4.69, 9.17) is 27.6 Å². The van der Waals surface area contributed by atoms with Crippen LogP contribution in [0.4, 0.5) is 0 Å². The van der Waals surface area contributed by atoms with Gasteiger partial charge >= 0.3 is 0 Å². The molecule has 1 aromatic heterocycles. The highest BCUT2D eigenvalue weighted by molar-refractivity contribution is 6.35. The van der Waals surface area contributed by atoms with E-state index in [0.29, 0.717) is 27.1 Å². The fourth-order valence-corrected chi connectivity index (χ4v) is 2.81. The van der Waals surface area contributed by atoms with Crippen molar-refractivity contribution in [2.45, 2.75) is 6.42 Å².